The maximum absolute atomic E-state index is 13.2. The van der Waals surface area contributed by atoms with Gasteiger partial charge in [-0.1, -0.05) is 29.8 Å². The van der Waals surface area contributed by atoms with Gasteiger partial charge in [0.2, 0.25) is 0 Å². The van der Waals surface area contributed by atoms with Gasteiger partial charge in [0.15, 0.2) is 12.0 Å². The van der Waals surface area contributed by atoms with Gasteiger partial charge in [-0.05, 0) is 12.1 Å². The number of aromatic nitrogens is 1. The Morgan fingerprint density at radius 2 is 2.04 bits per heavy atom. The van der Waals surface area contributed by atoms with Crippen LogP contribution in [-0.2, 0) is 10.9 Å². The van der Waals surface area contributed by atoms with E-state index in [1.807, 2.05) is 0 Å². The summed E-state index contributed by atoms with van der Waals surface area (Å²) in [7, 11) is 1.35. The number of anilines is 1. The van der Waals surface area contributed by atoms with Crippen LogP contribution in [0.15, 0.2) is 36.5 Å². The van der Waals surface area contributed by atoms with Gasteiger partial charge in [0.25, 0.3) is 0 Å². The fourth-order valence-electron chi connectivity index (χ4n) is 2.39. The molecule has 1 N–H and O–H groups in total. The number of cyclic esters (lactones) is 1. The normalized spacial score (nSPS) is 16.7. The molecule has 0 amide bonds. The second kappa shape index (κ2) is 5.95. The monoisotopic (exact) mass is 357 g/mol. The largest absolute Gasteiger partial charge is 0.437 e. The molecule has 24 heavy (non-hydrogen) atoms. The molecule has 3 rings (SSSR count). The van der Waals surface area contributed by atoms with Crippen molar-refractivity contribution in [1.82, 2.24) is 10.4 Å². The van der Waals surface area contributed by atoms with E-state index in [-0.39, 0.29) is 10.8 Å². The van der Waals surface area contributed by atoms with E-state index >= 15 is 0 Å². The quantitative estimate of drug-likeness (QED) is 0.672. The lowest BCUT2D eigenvalue weighted by molar-refractivity contribution is -0.137. The van der Waals surface area contributed by atoms with Crippen molar-refractivity contribution >= 4 is 23.4 Å². The highest BCUT2D eigenvalue weighted by Gasteiger charge is 2.37. The first-order valence-corrected chi connectivity index (χ1v) is 7.17. The Morgan fingerprint density at radius 1 is 1.33 bits per heavy atom. The maximum atomic E-state index is 13.2. The first kappa shape index (κ1) is 16.5. The third-order valence-corrected chi connectivity index (χ3v) is 3.66. The molecule has 1 aromatic carbocycles. The van der Waals surface area contributed by atoms with E-state index in [1.54, 1.807) is 24.3 Å². The molecule has 5 nitrogen and oxygen atoms in total. The Bertz CT molecular complexity index is 798. The summed E-state index contributed by atoms with van der Waals surface area (Å²) in [5.74, 6) is -0.927. The molecule has 2 aromatic rings. The minimum Gasteiger partial charge on any atom is -0.437 e. The highest BCUT2D eigenvalue weighted by molar-refractivity contribution is 6.30. The number of fused-ring (bicyclic) bond motifs is 1. The van der Waals surface area contributed by atoms with Crippen molar-refractivity contribution in [3.8, 4) is 0 Å². The van der Waals surface area contributed by atoms with Crippen LogP contribution in [0.5, 0.6) is 0 Å². The van der Waals surface area contributed by atoms with E-state index in [2.05, 4.69) is 10.4 Å². The van der Waals surface area contributed by atoms with Crippen molar-refractivity contribution in [3.63, 3.8) is 0 Å². The highest BCUT2D eigenvalue weighted by Crippen LogP contribution is 2.37. The van der Waals surface area contributed by atoms with Crippen molar-refractivity contribution in [3.05, 3.63) is 58.2 Å². The second-order valence-electron chi connectivity index (χ2n) is 5.08. The van der Waals surface area contributed by atoms with E-state index in [4.69, 9.17) is 16.3 Å². The first-order chi connectivity index (χ1) is 11.3. The lowest BCUT2D eigenvalue weighted by Crippen LogP contribution is -2.39. The van der Waals surface area contributed by atoms with Crippen LogP contribution in [0.3, 0.4) is 0 Å². The Balaban J connectivity index is 1.90. The fraction of sp³-hybridized carbons (Fsp3) is 0.200. The Morgan fingerprint density at radius 3 is 2.75 bits per heavy atom. The molecular weight excluding hydrogens is 347 g/mol. The molecule has 1 aliphatic rings. The number of carbonyl (C=O) groups is 1. The Hall–Kier alpha value is -2.32. The number of nitrogens with zero attached hydrogens (tertiary/aromatic N) is 2. The third-order valence-electron chi connectivity index (χ3n) is 3.46. The lowest BCUT2D eigenvalue weighted by atomic mass is 10.1. The summed E-state index contributed by atoms with van der Waals surface area (Å²) in [5.41, 5.74) is 2.60. The number of esters is 1. The smallest absolute Gasteiger partial charge is 0.420 e. The number of ether oxygens (including phenoxy) is 1. The van der Waals surface area contributed by atoms with Crippen LogP contribution >= 0.6 is 11.6 Å². The van der Waals surface area contributed by atoms with Gasteiger partial charge in [-0.25, -0.2) is 9.78 Å². The zero-order valence-corrected chi connectivity index (χ0v) is 13.0. The predicted molar refractivity (Wildman–Crippen MR) is 80.4 cm³/mol. The molecule has 0 radical (unpaired) electrons. The molecule has 0 saturated heterocycles. The number of halogens is 4. The summed E-state index contributed by atoms with van der Waals surface area (Å²) >= 11 is 5.61. The van der Waals surface area contributed by atoms with Gasteiger partial charge in [0.1, 0.15) is 5.56 Å². The molecule has 0 bridgehead atoms. The number of carbonyl (C=O) groups excluding carboxylic acids is 1. The molecule has 1 aliphatic heterocycles. The third kappa shape index (κ3) is 3.02. The van der Waals surface area contributed by atoms with Crippen LogP contribution in [0.2, 0.25) is 5.02 Å². The average molecular weight is 358 g/mol. The van der Waals surface area contributed by atoms with Crippen LogP contribution < -0.4 is 10.4 Å². The van der Waals surface area contributed by atoms with E-state index in [9.17, 15) is 18.0 Å². The molecule has 2 heterocycles. The number of nitrogens with one attached hydrogen (secondary N) is 1. The topological polar surface area (TPSA) is 54.5 Å². The number of pyridine rings is 1. The van der Waals surface area contributed by atoms with E-state index in [0.717, 1.165) is 17.3 Å². The molecule has 0 aliphatic carbocycles. The van der Waals surface area contributed by atoms with Crippen LogP contribution in [0.25, 0.3) is 0 Å². The first-order valence-electron chi connectivity index (χ1n) is 6.80. The van der Waals surface area contributed by atoms with Crippen molar-refractivity contribution in [2.45, 2.75) is 12.4 Å². The molecule has 0 unspecified atom stereocenters. The maximum Gasteiger partial charge on any atom is 0.420 e. The summed E-state index contributed by atoms with van der Waals surface area (Å²) < 4.78 is 44.6. The molecule has 9 heteroatoms. The van der Waals surface area contributed by atoms with Crippen LogP contribution in [0.4, 0.5) is 19.0 Å². The van der Waals surface area contributed by atoms with Gasteiger partial charge >= 0.3 is 12.1 Å². The minimum atomic E-state index is -4.63. The molecule has 1 aromatic heterocycles. The van der Waals surface area contributed by atoms with Crippen LogP contribution in [0, 0.1) is 0 Å². The van der Waals surface area contributed by atoms with Crippen molar-refractivity contribution in [2.75, 3.05) is 12.1 Å². The summed E-state index contributed by atoms with van der Waals surface area (Å²) in [6.07, 6.45) is -4.43. The summed E-state index contributed by atoms with van der Waals surface area (Å²) in [6.45, 7) is 0. The van der Waals surface area contributed by atoms with E-state index in [1.165, 1.54) is 7.05 Å². The van der Waals surface area contributed by atoms with Gasteiger partial charge in [-0.15, -0.1) is 0 Å². The van der Waals surface area contributed by atoms with Gasteiger partial charge < -0.3 is 4.74 Å². The molecule has 1 atom stereocenters. The Kier molecular flexibility index (Phi) is 4.10. The summed E-state index contributed by atoms with van der Waals surface area (Å²) in [5, 5.41) is 0.927. The fourth-order valence-corrected chi connectivity index (χ4v) is 2.54. The predicted octanol–water partition coefficient (Wildman–Crippen LogP) is 3.56. The standard InChI is InChI=1S/C15H11ClF3N3O2/c1-22(12-11(15(17,18)19)6-8(16)7-20-12)21-13-9-4-2-3-5-10(9)14(23)24-13/h2-7,13,21H,1H3/t13-/m0/s1. The number of rotatable bonds is 3. The molecule has 126 valence electrons. The number of benzene rings is 1. The zero-order chi connectivity index (χ0) is 17.5. The zero-order valence-electron chi connectivity index (χ0n) is 12.3. The van der Waals surface area contributed by atoms with Gasteiger partial charge in [-0.2, -0.15) is 18.6 Å². The SMILES string of the molecule is CN(N[C@H]1OC(=O)c2ccccc21)c1ncc(Cl)cc1C(F)(F)F. The average Bonchev–Trinajstić information content (AvgIpc) is 2.83. The molecule has 0 saturated carbocycles. The van der Waals surface area contributed by atoms with Crippen molar-refractivity contribution in [2.24, 2.45) is 0 Å². The lowest BCUT2D eigenvalue weighted by Gasteiger charge is -2.26. The van der Waals surface area contributed by atoms with Crippen LogP contribution in [0.1, 0.15) is 27.7 Å². The summed E-state index contributed by atoms with van der Waals surface area (Å²) in [6, 6.07) is 7.41. The van der Waals surface area contributed by atoms with E-state index in [0.29, 0.717) is 11.1 Å². The number of hydrogen-bond acceptors (Lipinski definition) is 5. The minimum absolute atomic E-state index is 0.128. The van der Waals surface area contributed by atoms with Crippen LogP contribution in [-0.4, -0.2) is 18.0 Å². The second-order valence-corrected chi connectivity index (χ2v) is 5.52. The molecule has 0 fully saturated rings. The van der Waals surface area contributed by atoms with Crippen molar-refractivity contribution in [1.29, 1.82) is 0 Å². The Labute approximate surface area is 140 Å². The van der Waals surface area contributed by atoms with Gasteiger partial charge in [0.05, 0.1) is 10.6 Å². The van der Waals surface area contributed by atoms with Gasteiger partial charge in [-0.3, -0.25) is 5.01 Å². The summed E-state index contributed by atoms with van der Waals surface area (Å²) in [4.78, 5) is 15.5. The van der Waals surface area contributed by atoms with Gasteiger partial charge in [0, 0.05) is 18.8 Å². The molecular formula is C15H11ClF3N3O2. The number of alkyl halides is 3. The highest BCUT2D eigenvalue weighted by atomic mass is 35.5. The number of hydrogen-bond donors (Lipinski definition) is 1. The number of hydrazine groups is 1. The molecule has 0 spiro atoms. The van der Waals surface area contributed by atoms with E-state index < -0.39 is 23.9 Å². The van der Waals surface area contributed by atoms with Crippen molar-refractivity contribution < 1.29 is 22.7 Å².